The topological polar surface area (TPSA) is 53.0 Å². The number of nitrogens with zero attached hydrogens (tertiary/aromatic N) is 2. The molecule has 5 nitrogen and oxygen atoms in total. The molecule has 138 valence electrons. The highest BCUT2D eigenvalue weighted by Gasteiger charge is 2.45. The molecule has 1 aliphatic heterocycles. The standard InChI is InChI=1S/C14H12Cl2F4N2O3/c1-6(13(23)24)25-11-4-10(9(17)3-7(11)15)22-5-8(16)12(21(22)2)14(18,19)20/h3-4,6H,5H2,1-2H3,(H,23,24). The lowest BCUT2D eigenvalue weighted by atomic mass is 10.2. The first-order chi connectivity index (χ1) is 11.4. The van der Waals surface area contributed by atoms with Crippen LogP contribution in [0.1, 0.15) is 6.92 Å². The smallest absolute Gasteiger partial charge is 0.434 e. The van der Waals surface area contributed by atoms with Crippen LogP contribution in [0.4, 0.5) is 23.2 Å². The molecular weight excluding hydrogens is 391 g/mol. The molecule has 0 bridgehead atoms. The molecule has 1 aliphatic rings. The summed E-state index contributed by atoms with van der Waals surface area (Å²) in [6, 6.07) is 1.85. The van der Waals surface area contributed by atoms with Gasteiger partial charge in [-0.1, -0.05) is 23.2 Å². The zero-order valence-corrected chi connectivity index (χ0v) is 14.4. The SMILES string of the molecule is CC(Oc1cc(N2CC(Cl)=C(C(F)(F)F)N2C)c(F)cc1Cl)C(=O)O. The van der Waals surface area contributed by atoms with E-state index in [0.717, 1.165) is 24.2 Å². The van der Waals surface area contributed by atoms with Gasteiger partial charge in [-0.25, -0.2) is 9.18 Å². The number of allylic oxidation sites excluding steroid dienone is 1. The monoisotopic (exact) mass is 402 g/mol. The molecule has 0 radical (unpaired) electrons. The highest BCUT2D eigenvalue weighted by molar-refractivity contribution is 6.32. The number of benzene rings is 1. The normalized spacial score (nSPS) is 16.5. The lowest BCUT2D eigenvalue weighted by Gasteiger charge is -2.31. The first-order valence-electron chi connectivity index (χ1n) is 6.79. The highest BCUT2D eigenvalue weighted by atomic mass is 35.5. The Hall–Kier alpha value is -1.87. The Morgan fingerprint density at radius 2 is 1.96 bits per heavy atom. The van der Waals surface area contributed by atoms with E-state index in [0.29, 0.717) is 5.01 Å². The van der Waals surface area contributed by atoms with Crippen LogP contribution in [-0.2, 0) is 4.79 Å². The van der Waals surface area contributed by atoms with E-state index in [-0.39, 0.29) is 16.5 Å². The van der Waals surface area contributed by atoms with Gasteiger partial charge >= 0.3 is 12.1 Å². The molecule has 1 aromatic rings. The van der Waals surface area contributed by atoms with Crippen LogP contribution < -0.4 is 9.75 Å². The zero-order chi connectivity index (χ0) is 19.1. The maximum Gasteiger partial charge on any atom is 0.434 e. The second kappa shape index (κ2) is 6.80. The second-order valence-electron chi connectivity index (χ2n) is 5.16. The summed E-state index contributed by atoms with van der Waals surface area (Å²) in [6.07, 6.45) is -6.01. The number of hydrogen-bond donors (Lipinski definition) is 1. The van der Waals surface area contributed by atoms with Crippen LogP contribution in [0, 0.1) is 5.82 Å². The van der Waals surface area contributed by atoms with Crippen LogP contribution in [0.25, 0.3) is 0 Å². The molecule has 1 atom stereocenters. The molecule has 11 heteroatoms. The fraction of sp³-hybridized carbons (Fsp3) is 0.357. The Bertz CT molecular complexity index is 740. The van der Waals surface area contributed by atoms with Crippen molar-refractivity contribution < 1.29 is 32.2 Å². The van der Waals surface area contributed by atoms with Gasteiger partial charge in [0.05, 0.1) is 22.3 Å². The predicted octanol–water partition coefficient (Wildman–Crippen LogP) is 4.01. The summed E-state index contributed by atoms with van der Waals surface area (Å²) in [4.78, 5) is 10.9. The fourth-order valence-electron chi connectivity index (χ4n) is 2.24. The summed E-state index contributed by atoms with van der Waals surface area (Å²) in [6.45, 7) is 0.809. The minimum atomic E-state index is -4.72. The van der Waals surface area contributed by atoms with Crippen molar-refractivity contribution in [3.8, 4) is 5.75 Å². The van der Waals surface area contributed by atoms with Crippen molar-refractivity contribution >= 4 is 34.9 Å². The van der Waals surface area contributed by atoms with Gasteiger partial charge in [-0.05, 0) is 13.0 Å². The van der Waals surface area contributed by atoms with Gasteiger partial charge in [0, 0.05) is 13.1 Å². The molecule has 0 spiro atoms. The second-order valence-corrected chi connectivity index (χ2v) is 6.03. The van der Waals surface area contributed by atoms with E-state index in [9.17, 15) is 22.4 Å². The highest BCUT2D eigenvalue weighted by Crippen LogP contribution is 2.41. The van der Waals surface area contributed by atoms with Crippen molar-refractivity contribution in [3.63, 3.8) is 0 Å². The lowest BCUT2D eigenvalue weighted by Crippen LogP contribution is -2.38. The molecule has 25 heavy (non-hydrogen) atoms. The van der Waals surface area contributed by atoms with Gasteiger partial charge in [-0.3, -0.25) is 10.0 Å². The van der Waals surface area contributed by atoms with Gasteiger partial charge in [-0.15, -0.1) is 0 Å². The van der Waals surface area contributed by atoms with Crippen LogP contribution in [0.3, 0.4) is 0 Å². The third-order valence-corrected chi connectivity index (χ3v) is 4.02. The Morgan fingerprint density at radius 1 is 1.36 bits per heavy atom. The quantitative estimate of drug-likeness (QED) is 0.771. The Kier molecular flexibility index (Phi) is 5.29. The average Bonchev–Trinajstić information content (AvgIpc) is 2.76. The molecule has 1 unspecified atom stereocenters. The van der Waals surface area contributed by atoms with E-state index in [2.05, 4.69) is 0 Å². The van der Waals surface area contributed by atoms with E-state index < -0.39 is 41.3 Å². The van der Waals surface area contributed by atoms with Gasteiger partial charge in [0.15, 0.2) is 11.8 Å². The number of carbonyl (C=O) groups is 1. The van der Waals surface area contributed by atoms with Gasteiger partial charge in [-0.2, -0.15) is 13.2 Å². The average molecular weight is 403 g/mol. The van der Waals surface area contributed by atoms with Gasteiger partial charge in [0.1, 0.15) is 11.6 Å². The summed E-state index contributed by atoms with van der Waals surface area (Å²) < 4.78 is 58.5. The third-order valence-electron chi connectivity index (χ3n) is 3.43. The number of alkyl halides is 3. The predicted molar refractivity (Wildman–Crippen MR) is 83.2 cm³/mol. The first-order valence-corrected chi connectivity index (χ1v) is 7.54. The molecule has 1 aromatic carbocycles. The minimum absolute atomic E-state index is 0.182. The van der Waals surface area contributed by atoms with E-state index in [4.69, 9.17) is 33.0 Å². The maximum absolute atomic E-state index is 14.2. The number of carboxylic acids is 1. The summed E-state index contributed by atoms with van der Waals surface area (Å²) in [5.41, 5.74) is -1.42. The van der Waals surface area contributed by atoms with Gasteiger partial charge in [0.2, 0.25) is 0 Å². The van der Waals surface area contributed by atoms with Crippen molar-refractivity contribution in [2.24, 2.45) is 0 Å². The van der Waals surface area contributed by atoms with Crippen molar-refractivity contribution in [2.75, 3.05) is 18.6 Å². The van der Waals surface area contributed by atoms with Crippen LogP contribution >= 0.6 is 23.2 Å². The number of ether oxygens (including phenoxy) is 1. The van der Waals surface area contributed by atoms with E-state index in [1.54, 1.807) is 0 Å². The molecular formula is C14H12Cl2F4N2O3. The molecule has 0 saturated carbocycles. The number of rotatable bonds is 4. The van der Waals surface area contributed by atoms with Crippen molar-refractivity contribution in [1.29, 1.82) is 0 Å². The summed E-state index contributed by atoms with van der Waals surface area (Å²) in [7, 11) is 1.08. The van der Waals surface area contributed by atoms with E-state index >= 15 is 0 Å². The number of carboxylic acid groups (broad SMARTS) is 1. The van der Waals surface area contributed by atoms with Crippen LogP contribution in [0.5, 0.6) is 5.75 Å². The Morgan fingerprint density at radius 3 is 2.44 bits per heavy atom. The van der Waals surface area contributed by atoms with Crippen molar-refractivity contribution in [3.05, 3.63) is 33.7 Å². The summed E-state index contributed by atoms with van der Waals surface area (Å²) >= 11 is 11.5. The molecule has 1 N–H and O–H groups in total. The Balaban J connectivity index is 2.39. The largest absolute Gasteiger partial charge is 0.479 e. The molecule has 0 fully saturated rings. The molecule has 1 heterocycles. The molecule has 0 amide bonds. The number of halogens is 6. The van der Waals surface area contributed by atoms with Crippen LogP contribution in [0.15, 0.2) is 22.9 Å². The number of anilines is 1. The zero-order valence-electron chi connectivity index (χ0n) is 12.9. The molecule has 2 rings (SSSR count). The third kappa shape index (κ3) is 3.87. The van der Waals surface area contributed by atoms with E-state index in [1.165, 1.54) is 6.92 Å². The van der Waals surface area contributed by atoms with Crippen LogP contribution in [0.2, 0.25) is 5.02 Å². The maximum atomic E-state index is 14.2. The minimum Gasteiger partial charge on any atom is -0.479 e. The fourth-order valence-corrected chi connectivity index (χ4v) is 2.78. The summed E-state index contributed by atoms with van der Waals surface area (Å²) in [5.74, 6) is -2.39. The van der Waals surface area contributed by atoms with Crippen molar-refractivity contribution in [2.45, 2.75) is 19.2 Å². The Labute approximate surface area is 149 Å². The van der Waals surface area contributed by atoms with Crippen LogP contribution in [-0.4, -0.2) is 42.0 Å². The van der Waals surface area contributed by atoms with Gasteiger partial charge in [0.25, 0.3) is 0 Å². The van der Waals surface area contributed by atoms with Gasteiger partial charge < -0.3 is 9.84 Å². The molecule has 0 saturated heterocycles. The first kappa shape index (κ1) is 19.5. The number of hydrogen-bond acceptors (Lipinski definition) is 4. The molecule has 0 aliphatic carbocycles. The lowest BCUT2D eigenvalue weighted by molar-refractivity contribution is -0.144. The number of hydrazine groups is 1. The van der Waals surface area contributed by atoms with Crippen molar-refractivity contribution in [1.82, 2.24) is 5.01 Å². The number of aliphatic carboxylic acids is 1. The summed E-state index contributed by atoms with van der Waals surface area (Å²) in [5, 5.41) is 9.74. The van der Waals surface area contributed by atoms with E-state index in [1.807, 2.05) is 0 Å². The molecule has 0 aromatic heterocycles.